The number of nitrogens with zero attached hydrogens (tertiary/aromatic N) is 1. The molecule has 2 saturated heterocycles. The summed E-state index contributed by atoms with van der Waals surface area (Å²) < 4.78 is 18.7. The van der Waals surface area contributed by atoms with Gasteiger partial charge in [-0.3, -0.25) is 9.78 Å². The first-order chi connectivity index (χ1) is 13.2. The van der Waals surface area contributed by atoms with Gasteiger partial charge in [-0.25, -0.2) is 0 Å². The highest BCUT2D eigenvalue weighted by atomic mass is 16.7. The summed E-state index contributed by atoms with van der Waals surface area (Å²) in [7, 11) is -0.483. The van der Waals surface area contributed by atoms with Crippen LogP contribution in [0.15, 0.2) is 30.5 Å². The molecule has 4 rings (SSSR count). The second-order valence-corrected chi connectivity index (χ2v) is 8.77. The van der Waals surface area contributed by atoms with Crippen molar-refractivity contribution in [1.82, 2.24) is 10.3 Å². The molecule has 1 aromatic carbocycles. The molecule has 1 aromatic heterocycles. The molecular weight excluding hydrogens is 355 g/mol. The van der Waals surface area contributed by atoms with Gasteiger partial charge in [0.05, 0.1) is 16.7 Å². The maximum Gasteiger partial charge on any atom is 0.495 e. The molecule has 0 radical (unpaired) electrons. The molecule has 3 heterocycles. The number of pyridine rings is 1. The monoisotopic (exact) mass is 382 g/mol. The van der Waals surface area contributed by atoms with Gasteiger partial charge in [0.1, 0.15) is 11.9 Å². The first kappa shape index (κ1) is 19.2. The predicted molar refractivity (Wildman–Crippen MR) is 109 cm³/mol. The fourth-order valence-electron chi connectivity index (χ4n) is 3.64. The van der Waals surface area contributed by atoms with Gasteiger partial charge in [0.15, 0.2) is 0 Å². The van der Waals surface area contributed by atoms with E-state index in [0.29, 0.717) is 13.0 Å². The fourth-order valence-corrected chi connectivity index (χ4v) is 3.64. The normalized spacial score (nSPS) is 24.4. The minimum atomic E-state index is -0.483. The highest BCUT2D eigenvalue weighted by Crippen LogP contribution is 2.37. The zero-order valence-electron chi connectivity index (χ0n) is 17.1. The molecule has 2 fully saturated rings. The molecule has 2 aliphatic rings. The summed E-state index contributed by atoms with van der Waals surface area (Å²) in [5.41, 5.74) is 0.882. The number of amides is 1. The number of benzene rings is 1. The summed E-state index contributed by atoms with van der Waals surface area (Å²) in [5, 5.41) is 3.81. The molecular formula is C21H27BN2O4. The largest absolute Gasteiger partial charge is 0.495 e. The molecule has 1 amide bonds. The Morgan fingerprint density at radius 1 is 1.25 bits per heavy atom. The van der Waals surface area contributed by atoms with Gasteiger partial charge in [-0.15, -0.1) is 0 Å². The summed E-state index contributed by atoms with van der Waals surface area (Å²) in [6, 6.07) is 7.87. The Morgan fingerprint density at radius 2 is 1.96 bits per heavy atom. The second-order valence-electron chi connectivity index (χ2n) is 8.77. The average Bonchev–Trinajstić information content (AvgIpc) is 3.15. The summed E-state index contributed by atoms with van der Waals surface area (Å²) >= 11 is 0. The molecule has 0 saturated carbocycles. The van der Waals surface area contributed by atoms with Crippen LogP contribution in [-0.4, -0.2) is 41.9 Å². The van der Waals surface area contributed by atoms with Crippen LogP contribution in [0.2, 0.25) is 0 Å². The van der Waals surface area contributed by atoms with Crippen molar-refractivity contribution in [1.29, 1.82) is 0 Å². The highest BCUT2D eigenvalue weighted by molar-refractivity contribution is 6.62. The van der Waals surface area contributed by atoms with Crippen molar-refractivity contribution in [3.8, 4) is 5.75 Å². The van der Waals surface area contributed by atoms with Gasteiger partial charge in [-0.2, -0.15) is 0 Å². The number of carbonyl (C=O) groups excluding carboxylic acids is 1. The maximum absolute atomic E-state index is 11.6. The molecule has 0 spiro atoms. The number of carbonyl (C=O) groups is 1. The number of hydrogen-bond donors (Lipinski definition) is 1. The zero-order valence-corrected chi connectivity index (χ0v) is 17.1. The Labute approximate surface area is 166 Å². The van der Waals surface area contributed by atoms with E-state index in [2.05, 4.69) is 10.3 Å². The molecule has 2 aromatic rings. The Balaban J connectivity index is 1.67. The first-order valence-electron chi connectivity index (χ1n) is 9.84. The van der Waals surface area contributed by atoms with E-state index in [1.165, 1.54) is 0 Å². The third kappa shape index (κ3) is 3.37. The lowest BCUT2D eigenvalue weighted by Gasteiger charge is -2.32. The van der Waals surface area contributed by atoms with Crippen molar-refractivity contribution in [3.05, 3.63) is 30.5 Å². The van der Waals surface area contributed by atoms with Crippen molar-refractivity contribution in [2.45, 2.75) is 58.3 Å². The number of nitrogens with one attached hydrogen (secondary N) is 1. The minimum Gasteiger partial charge on any atom is -0.490 e. The van der Waals surface area contributed by atoms with Crippen LogP contribution in [0.3, 0.4) is 0 Å². The van der Waals surface area contributed by atoms with E-state index in [9.17, 15) is 4.79 Å². The van der Waals surface area contributed by atoms with E-state index in [4.69, 9.17) is 14.0 Å². The van der Waals surface area contributed by atoms with E-state index in [1.807, 2.05) is 58.9 Å². The Kier molecular flexibility index (Phi) is 4.63. The van der Waals surface area contributed by atoms with Gasteiger partial charge in [-0.05, 0) is 64.3 Å². The zero-order chi connectivity index (χ0) is 20.1. The summed E-state index contributed by atoms with van der Waals surface area (Å²) in [5.74, 6) is 0.972. The lowest BCUT2D eigenvalue weighted by molar-refractivity contribution is -0.119. The second kappa shape index (κ2) is 6.74. The number of ether oxygens (including phenoxy) is 1. The van der Waals surface area contributed by atoms with Crippen LogP contribution in [0.5, 0.6) is 5.75 Å². The van der Waals surface area contributed by atoms with E-state index in [1.54, 1.807) is 6.20 Å². The predicted octanol–water partition coefficient (Wildman–Crippen LogP) is 2.44. The van der Waals surface area contributed by atoms with Crippen LogP contribution in [0.25, 0.3) is 10.9 Å². The molecule has 28 heavy (non-hydrogen) atoms. The standard InChI is InChI=1S/C21H27BN2O4/c1-13(14-9-19(25)24-12-14)26-18-11-15(10-17-16(18)7-6-8-23-17)22-27-20(2,3)21(4,5)28-22/h6-8,10-11,13-14H,9,12H2,1-5H3,(H,24,25)/t13-,14?/m1/s1. The van der Waals surface area contributed by atoms with Crippen LogP contribution >= 0.6 is 0 Å². The number of rotatable bonds is 4. The van der Waals surface area contributed by atoms with E-state index in [-0.39, 0.29) is 17.9 Å². The van der Waals surface area contributed by atoms with Crippen molar-refractivity contribution < 1.29 is 18.8 Å². The van der Waals surface area contributed by atoms with Crippen LogP contribution in [0.1, 0.15) is 41.0 Å². The van der Waals surface area contributed by atoms with Gasteiger partial charge in [0, 0.05) is 30.5 Å². The fraction of sp³-hybridized carbons (Fsp3) is 0.524. The third-order valence-electron chi connectivity index (χ3n) is 6.22. The maximum atomic E-state index is 11.6. The summed E-state index contributed by atoms with van der Waals surface area (Å²) in [6.45, 7) is 10.8. The smallest absolute Gasteiger partial charge is 0.490 e. The van der Waals surface area contributed by atoms with E-state index in [0.717, 1.165) is 22.1 Å². The van der Waals surface area contributed by atoms with Crippen molar-refractivity contribution >= 4 is 29.4 Å². The number of fused-ring (bicyclic) bond motifs is 1. The molecule has 0 bridgehead atoms. The molecule has 1 unspecified atom stereocenters. The summed E-state index contributed by atoms with van der Waals surface area (Å²) in [6.07, 6.45) is 2.16. The molecule has 2 aliphatic heterocycles. The van der Waals surface area contributed by atoms with Crippen molar-refractivity contribution in [3.63, 3.8) is 0 Å². The van der Waals surface area contributed by atoms with Crippen LogP contribution < -0.4 is 15.5 Å². The van der Waals surface area contributed by atoms with Crippen molar-refractivity contribution in [2.24, 2.45) is 5.92 Å². The van der Waals surface area contributed by atoms with Gasteiger partial charge in [0.2, 0.25) is 5.91 Å². The van der Waals surface area contributed by atoms with Gasteiger partial charge >= 0.3 is 7.12 Å². The molecule has 148 valence electrons. The van der Waals surface area contributed by atoms with Crippen LogP contribution in [-0.2, 0) is 14.1 Å². The molecule has 2 atom stereocenters. The quantitative estimate of drug-likeness (QED) is 0.823. The van der Waals surface area contributed by atoms with E-state index < -0.39 is 18.3 Å². The third-order valence-corrected chi connectivity index (χ3v) is 6.22. The number of aromatic nitrogens is 1. The molecule has 6 nitrogen and oxygen atoms in total. The topological polar surface area (TPSA) is 69.7 Å². The SMILES string of the molecule is C[C@@H](Oc1cc(B2OC(C)(C)C(C)(C)O2)cc2ncccc12)C1CNC(=O)C1. The Hall–Kier alpha value is -2.12. The van der Waals surface area contributed by atoms with Gasteiger partial charge < -0.3 is 19.4 Å². The first-order valence-corrected chi connectivity index (χ1v) is 9.84. The highest BCUT2D eigenvalue weighted by Gasteiger charge is 2.51. The lowest BCUT2D eigenvalue weighted by atomic mass is 9.78. The Bertz CT molecular complexity index is 898. The van der Waals surface area contributed by atoms with Crippen molar-refractivity contribution in [2.75, 3.05) is 6.54 Å². The van der Waals surface area contributed by atoms with Gasteiger partial charge in [0.25, 0.3) is 0 Å². The van der Waals surface area contributed by atoms with Crippen LogP contribution in [0, 0.1) is 5.92 Å². The van der Waals surface area contributed by atoms with Crippen LogP contribution in [0.4, 0.5) is 0 Å². The molecule has 0 aliphatic carbocycles. The number of hydrogen-bond acceptors (Lipinski definition) is 5. The molecule has 1 N–H and O–H groups in total. The molecule has 7 heteroatoms. The van der Waals surface area contributed by atoms with Gasteiger partial charge in [-0.1, -0.05) is 0 Å². The lowest BCUT2D eigenvalue weighted by Crippen LogP contribution is -2.41. The Morgan fingerprint density at radius 3 is 2.61 bits per heavy atom. The minimum absolute atomic E-state index is 0.0814. The van der Waals surface area contributed by atoms with E-state index >= 15 is 0 Å². The summed E-state index contributed by atoms with van der Waals surface area (Å²) in [4.78, 5) is 16.1. The average molecular weight is 382 g/mol.